The van der Waals surface area contributed by atoms with Crippen LogP contribution in [0.1, 0.15) is 49.1 Å². The lowest BCUT2D eigenvalue weighted by Crippen LogP contribution is -2.30. The molecule has 4 rings (SSSR count). The maximum absolute atomic E-state index is 12.9. The average molecular weight is 494 g/mol. The van der Waals surface area contributed by atoms with E-state index in [1.54, 1.807) is 24.3 Å². The van der Waals surface area contributed by atoms with Crippen LogP contribution in [-0.4, -0.2) is 43.8 Å². The Labute approximate surface area is 205 Å². The molecule has 0 aromatic heterocycles. The quantitative estimate of drug-likeness (QED) is 0.398. The largest absolute Gasteiger partial charge is 0.493 e. The van der Waals surface area contributed by atoms with Gasteiger partial charge in [0.2, 0.25) is 0 Å². The Morgan fingerprint density at radius 3 is 2.11 bits per heavy atom. The molecule has 0 saturated carbocycles. The van der Waals surface area contributed by atoms with Crippen LogP contribution in [0.15, 0.2) is 54.6 Å². The van der Waals surface area contributed by atoms with Gasteiger partial charge in [0.1, 0.15) is 0 Å². The molecule has 0 saturated heterocycles. The van der Waals surface area contributed by atoms with E-state index in [4.69, 9.17) is 25.8 Å². The number of anilines is 1. The van der Waals surface area contributed by atoms with Crippen LogP contribution in [0.25, 0.3) is 0 Å². The van der Waals surface area contributed by atoms with E-state index in [1.165, 1.54) is 51.5 Å². The van der Waals surface area contributed by atoms with Crippen molar-refractivity contribution in [2.45, 2.75) is 13.0 Å². The fourth-order valence-corrected chi connectivity index (χ4v) is 4.03. The lowest BCUT2D eigenvalue weighted by molar-refractivity contribution is -0.123. The Bertz CT molecular complexity index is 1380. The lowest BCUT2D eigenvalue weighted by Gasteiger charge is -2.19. The van der Waals surface area contributed by atoms with Crippen LogP contribution in [0, 0.1) is 0 Å². The maximum Gasteiger partial charge on any atom is 0.339 e. The summed E-state index contributed by atoms with van der Waals surface area (Å²) in [7, 11) is 2.81. The summed E-state index contributed by atoms with van der Waals surface area (Å²) >= 11 is 6.13. The Morgan fingerprint density at radius 1 is 0.857 bits per heavy atom. The zero-order chi connectivity index (χ0) is 25.3. The van der Waals surface area contributed by atoms with E-state index in [-0.39, 0.29) is 50.5 Å². The van der Waals surface area contributed by atoms with Crippen LogP contribution < -0.4 is 14.8 Å². The highest BCUT2D eigenvalue weighted by Gasteiger charge is 2.30. The SMILES string of the molecule is COc1cc(C(=O)OC(C)C(=O)Nc2ccc3c(c2)C(=O)c2ccccc2C3=O)cc(Cl)c1OC. The van der Waals surface area contributed by atoms with Gasteiger partial charge in [-0.3, -0.25) is 14.4 Å². The second kappa shape index (κ2) is 9.60. The number of hydrogen-bond acceptors (Lipinski definition) is 7. The lowest BCUT2D eigenvalue weighted by atomic mass is 9.84. The molecule has 0 spiro atoms. The number of rotatable bonds is 6. The van der Waals surface area contributed by atoms with Crippen molar-refractivity contribution in [2.75, 3.05) is 19.5 Å². The van der Waals surface area contributed by atoms with Crippen molar-refractivity contribution in [3.63, 3.8) is 0 Å². The van der Waals surface area contributed by atoms with E-state index in [9.17, 15) is 19.2 Å². The summed E-state index contributed by atoms with van der Waals surface area (Å²) in [6.45, 7) is 1.40. The summed E-state index contributed by atoms with van der Waals surface area (Å²) in [6, 6.07) is 13.8. The third kappa shape index (κ3) is 4.48. The zero-order valence-electron chi connectivity index (χ0n) is 19.0. The number of carbonyl (C=O) groups excluding carboxylic acids is 4. The van der Waals surface area contributed by atoms with Crippen LogP contribution in [0.4, 0.5) is 5.69 Å². The second-order valence-corrected chi connectivity index (χ2v) is 8.10. The summed E-state index contributed by atoms with van der Waals surface area (Å²) in [6.07, 6.45) is -1.18. The summed E-state index contributed by atoms with van der Waals surface area (Å²) in [5.41, 5.74) is 1.46. The number of esters is 1. The number of hydrogen-bond donors (Lipinski definition) is 1. The van der Waals surface area contributed by atoms with Crippen molar-refractivity contribution in [1.82, 2.24) is 0 Å². The number of carbonyl (C=O) groups is 4. The van der Waals surface area contributed by atoms with E-state index in [2.05, 4.69) is 5.32 Å². The first-order chi connectivity index (χ1) is 16.7. The van der Waals surface area contributed by atoms with E-state index in [1.807, 2.05) is 0 Å². The van der Waals surface area contributed by atoms with Crippen molar-refractivity contribution in [1.29, 1.82) is 0 Å². The average Bonchev–Trinajstić information content (AvgIpc) is 2.86. The molecule has 1 amide bonds. The van der Waals surface area contributed by atoms with Gasteiger partial charge in [-0.25, -0.2) is 4.79 Å². The molecule has 0 aliphatic heterocycles. The Balaban J connectivity index is 1.49. The number of nitrogens with one attached hydrogen (secondary N) is 1. The molecule has 3 aromatic rings. The number of amides is 1. The van der Waals surface area contributed by atoms with Crippen molar-refractivity contribution in [2.24, 2.45) is 0 Å². The van der Waals surface area contributed by atoms with Gasteiger partial charge in [-0.15, -0.1) is 0 Å². The molecular formula is C26H20ClNO7. The van der Waals surface area contributed by atoms with Crippen molar-refractivity contribution < 1.29 is 33.4 Å². The highest BCUT2D eigenvalue weighted by Crippen LogP contribution is 2.36. The summed E-state index contributed by atoms with van der Waals surface area (Å²) in [5, 5.41) is 2.75. The summed E-state index contributed by atoms with van der Waals surface area (Å²) in [4.78, 5) is 50.9. The molecule has 178 valence electrons. The van der Waals surface area contributed by atoms with Crippen LogP contribution in [0.5, 0.6) is 11.5 Å². The second-order valence-electron chi connectivity index (χ2n) is 7.69. The van der Waals surface area contributed by atoms with Gasteiger partial charge in [-0.05, 0) is 37.3 Å². The first-order valence-corrected chi connectivity index (χ1v) is 10.9. The third-order valence-electron chi connectivity index (χ3n) is 5.51. The number of halogens is 1. The molecular weight excluding hydrogens is 474 g/mol. The van der Waals surface area contributed by atoms with Gasteiger partial charge in [0, 0.05) is 27.9 Å². The molecule has 3 aromatic carbocycles. The molecule has 1 N–H and O–H groups in total. The van der Waals surface area contributed by atoms with Gasteiger partial charge >= 0.3 is 5.97 Å². The topological polar surface area (TPSA) is 108 Å². The van der Waals surface area contributed by atoms with E-state index >= 15 is 0 Å². The minimum Gasteiger partial charge on any atom is -0.493 e. The first kappa shape index (κ1) is 24.0. The van der Waals surface area contributed by atoms with Gasteiger partial charge in [0.25, 0.3) is 5.91 Å². The fraction of sp³-hybridized carbons (Fsp3) is 0.154. The molecule has 0 bridgehead atoms. The minimum absolute atomic E-state index is 0.0730. The normalized spacial score (nSPS) is 12.8. The van der Waals surface area contributed by atoms with Gasteiger partial charge in [0.15, 0.2) is 29.2 Å². The molecule has 1 unspecified atom stereocenters. The fourth-order valence-electron chi connectivity index (χ4n) is 3.74. The smallest absolute Gasteiger partial charge is 0.339 e. The first-order valence-electron chi connectivity index (χ1n) is 10.5. The van der Waals surface area contributed by atoms with Crippen molar-refractivity contribution in [3.8, 4) is 11.5 Å². The highest BCUT2D eigenvalue weighted by atomic mass is 35.5. The predicted octanol–water partition coefficient (Wildman–Crippen LogP) is 4.32. The summed E-state index contributed by atoms with van der Waals surface area (Å²) < 4.78 is 15.6. The Hall–Kier alpha value is -4.17. The number of methoxy groups -OCH3 is 2. The minimum atomic E-state index is -1.18. The standard InChI is InChI=1S/C26H20ClNO7/c1-13(35-26(32)14-10-20(27)24(34-3)21(11-14)33-2)25(31)28-15-8-9-18-19(12-15)23(30)17-7-5-4-6-16(17)22(18)29/h4-13H,1-3H3,(H,28,31). The maximum atomic E-state index is 12.9. The molecule has 0 fully saturated rings. The van der Waals surface area contributed by atoms with Crippen LogP contribution >= 0.6 is 11.6 Å². The van der Waals surface area contributed by atoms with E-state index < -0.39 is 18.0 Å². The van der Waals surface area contributed by atoms with Crippen molar-refractivity contribution in [3.05, 3.63) is 87.4 Å². The molecule has 0 heterocycles. The molecule has 1 atom stereocenters. The molecule has 35 heavy (non-hydrogen) atoms. The molecule has 0 radical (unpaired) electrons. The van der Waals surface area contributed by atoms with Gasteiger partial charge in [0.05, 0.1) is 24.8 Å². The molecule has 8 nitrogen and oxygen atoms in total. The molecule has 9 heteroatoms. The van der Waals surface area contributed by atoms with Crippen molar-refractivity contribution >= 4 is 40.7 Å². The number of benzene rings is 3. The van der Waals surface area contributed by atoms with Gasteiger partial charge in [-0.2, -0.15) is 0 Å². The Morgan fingerprint density at radius 2 is 1.49 bits per heavy atom. The number of ether oxygens (including phenoxy) is 3. The van der Waals surface area contributed by atoms with E-state index in [0.717, 1.165) is 0 Å². The number of fused-ring (bicyclic) bond motifs is 2. The zero-order valence-corrected chi connectivity index (χ0v) is 19.8. The van der Waals surface area contributed by atoms with Crippen LogP contribution in [-0.2, 0) is 9.53 Å². The molecule has 1 aliphatic carbocycles. The van der Waals surface area contributed by atoms with Gasteiger partial charge < -0.3 is 19.5 Å². The molecule has 1 aliphatic rings. The summed E-state index contributed by atoms with van der Waals surface area (Å²) in [5.74, 6) is -1.49. The van der Waals surface area contributed by atoms with Crippen LogP contribution in [0.2, 0.25) is 5.02 Å². The van der Waals surface area contributed by atoms with E-state index in [0.29, 0.717) is 11.1 Å². The third-order valence-corrected chi connectivity index (χ3v) is 5.80. The predicted molar refractivity (Wildman–Crippen MR) is 128 cm³/mol. The Kier molecular flexibility index (Phi) is 6.57. The monoisotopic (exact) mass is 493 g/mol. The van der Waals surface area contributed by atoms with Crippen LogP contribution in [0.3, 0.4) is 0 Å². The van der Waals surface area contributed by atoms with Gasteiger partial charge in [-0.1, -0.05) is 35.9 Å². The number of ketones is 2. The highest BCUT2D eigenvalue weighted by molar-refractivity contribution is 6.32.